The monoisotopic (exact) mass is 368 g/mol. The molecule has 0 radical (unpaired) electrons. The fourth-order valence-electron chi connectivity index (χ4n) is 3.41. The molecular weight excluding hydrogens is 348 g/mol. The van der Waals surface area contributed by atoms with E-state index in [-0.39, 0.29) is 28.8 Å². The third kappa shape index (κ3) is 3.40. The van der Waals surface area contributed by atoms with Gasteiger partial charge < -0.3 is 9.64 Å². The van der Waals surface area contributed by atoms with Crippen LogP contribution in [0.25, 0.3) is 0 Å². The van der Waals surface area contributed by atoms with Gasteiger partial charge in [-0.1, -0.05) is 24.3 Å². The van der Waals surface area contributed by atoms with E-state index in [1.54, 1.807) is 4.90 Å². The van der Waals surface area contributed by atoms with Gasteiger partial charge in [-0.05, 0) is 44.9 Å². The average molecular weight is 368 g/mol. The fourth-order valence-corrected chi connectivity index (χ4v) is 3.41. The number of nitro benzene ring substituents is 1. The molecule has 1 aliphatic heterocycles. The normalized spacial score (nSPS) is 16.6. The number of nitrogens with zero attached hydrogens (tertiary/aromatic N) is 2. The first-order valence-electron chi connectivity index (χ1n) is 8.67. The molecule has 0 saturated heterocycles. The highest BCUT2D eigenvalue weighted by Crippen LogP contribution is 2.32. The Kier molecular flexibility index (Phi) is 4.94. The summed E-state index contributed by atoms with van der Waals surface area (Å²) in [6.07, 6.45) is -0.267. The molecule has 27 heavy (non-hydrogen) atoms. The molecule has 1 amide bonds. The van der Waals surface area contributed by atoms with Gasteiger partial charge in [0.05, 0.1) is 10.5 Å². The van der Waals surface area contributed by atoms with Crippen LogP contribution in [0.15, 0.2) is 42.5 Å². The van der Waals surface area contributed by atoms with Gasteiger partial charge in [0.15, 0.2) is 6.10 Å². The van der Waals surface area contributed by atoms with Crippen LogP contribution in [0.5, 0.6) is 0 Å². The van der Waals surface area contributed by atoms with E-state index in [4.69, 9.17) is 4.74 Å². The summed E-state index contributed by atoms with van der Waals surface area (Å²) in [5.41, 5.74) is 2.03. The number of benzene rings is 2. The molecular formula is C20H20N2O5. The number of rotatable bonds is 4. The van der Waals surface area contributed by atoms with E-state index in [2.05, 4.69) is 0 Å². The van der Waals surface area contributed by atoms with Crippen molar-refractivity contribution in [2.45, 2.75) is 39.3 Å². The molecule has 7 heteroatoms. The zero-order valence-electron chi connectivity index (χ0n) is 15.3. The van der Waals surface area contributed by atoms with Gasteiger partial charge >= 0.3 is 5.97 Å². The summed E-state index contributed by atoms with van der Waals surface area (Å²) < 4.78 is 5.34. The van der Waals surface area contributed by atoms with Crippen molar-refractivity contribution in [3.8, 4) is 0 Å². The van der Waals surface area contributed by atoms with Crippen molar-refractivity contribution in [1.82, 2.24) is 0 Å². The summed E-state index contributed by atoms with van der Waals surface area (Å²) in [7, 11) is 0. The third-order valence-electron chi connectivity index (χ3n) is 4.80. The van der Waals surface area contributed by atoms with E-state index >= 15 is 0 Å². The Labute approximate surface area is 156 Å². The molecule has 0 unspecified atom stereocenters. The molecule has 0 aliphatic carbocycles. The lowest BCUT2D eigenvalue weighted by Gasteiger charge is -2.26. The molecule has 2 aromatic rings. The predicted octanol–water partition coefficient (Wildman–Crippen LogP) is 3.43. The van der Waals surface area contributed by atoms with Crippen LogP contribution in [0.2, 0.25) is 0 Å². The number of hydrogen-bond acceptors (Lipinski definition) is 5. The number of nitro groups is 1. The minimum atomic E-state index is -1.01. The molecule has 0 aromatic heterocycles. The highest BCUT2D eigenvalue weighted by atomic mass is 16.6. The maximum atomic E-state index is 12.9. The molecule has 3 rings (SSSR count). The number of ether oxygens (including phenoxy) is 1. The van der Waals surface area contributed by atoms with Gasteiger partial charge in [0.1, 0.15) is 0 Å². The molecule has 1 aliphatic rings. The van der Waals surface area contributed by atoms with Crippen molar-refractivity contribution in [3.05, 3.63) is 69.3 Å². The zero-order chi connectivity index (χ0) is 19.7. The lowest BCUT2D eigenvalue weighted by Crippen LogP contribution is -2.43. The van der Waals surface area contributed by atoms with Crippen molar-refractivity contribution in [2.24, 2.45) is 0 Å². The summed E-state index contributed by atoms with van der Waals surface area (Å²) in [6, 6.07) is 11.8. The number of carbonyl (C=O) groups excluding carboxylic acids is 2. The Hall–Kier alpha value is -3.22. The van der Waals surface area contributed by atoms with Crippen molar-refractivity contribution in [2.75, 3.05) is 4.90 Å². The Bertz CT molecular complexity index is 924. The second-order valence-electron chi connectivity index (χ2n) is 6.64. The van der Waals surface area contributed by atoms with Crippen LogP contribution in [0, 0.1) is 17.0 Å². The molecule has 2 atom stereocenters. The SMILES string of the molecule is Cc1c(C(=O)O[C@H](C)C(=O)N2c3ccccc3C[C@H]2C)cccc1[N+](=O)[O-]. The van der Waals surface area contributed by atoms with E-state index in [0.717, 1.165) is 17.7 Å². The van der Waals surface area contributed by atoms with Crippen LogP contribution in [0.1, 0.15) is 35.3 Å². The molecule has 0 bridgehead atoms. The van der Waals surface area contributed by atoms with Crippen LogP contribution in [0.3, 0.4) is 0 Å². The third-order valence-corrected chi connectivity index (χ3v) is 4.80. The van der Waals surface area contributed by atoms with Crippen LogP contribution in [0.4, 0.5) is 11.4 Å². The van der Waals surface area contributed by atoms with Crippen LogP contribution in [-0.4, -0.2) is 28.9 Å². The largest absolute Gasteiger partial charge is 0.449 e. The van der Waals surface area contributed by atoms with Crippen LogP contribution < -0.4 is 4.90 Å². The van der Waals surface area contributed by atoms with Gasteiger partial charge in [-0.25, -0.2) is 4.79 Å². The van der Waals surface area contributed by atoms with Crippen LogP contribution >= 0.6 is 0 Å². The molecule has 0 N–H and O–H groups in total. The van der Waals surface area contributed by atoms with Gasteiger partial charge in [0.2, 0.25) is 0 Å². The number of fused-ring (bicyclic) bond motifs is 1. The van der Waals surface area contributed by atoms with E-state index in [1.807, 2.05) is 31.2 Å². The van der Waals surface area contributed by atoms with Crippen molar-refractivity contribution < 1.29 is 19.2 Å². The van der Waals surface area contributed by atoms with E-state index in [1.165, 1.54) is 32.0 Å². The predicted molar refractivity (Wildman–Crippen MR) is 99.8 cm³/mol. The Morgan fingerprint density at radius 2 is 1.93 bits per heavy atom. The lowest BCUT2D eigenvalue weighted by molar-refractivity contribution is -0.385. The molecule has 140 valence electrons. The zero-order valence-corrected chi connectivity index (χ0v) is 15.3. The number of anilines is 1. The maximum Gasteiger partial charge on any atom is 0.339 e. The molecule has 0 fully saturated rings. The summed E-state index contributed by atoms with van der Waals surface area (Å²) in [6.45, 7) is 4.94. The van der Waals surface area contributed by atoms with Gasteiger partial charge in [0.25, 0.3) is 11.6 Å². The van der Waals surface area contributed by atoms with Crippen molar-refractivity contribution >= 4 is 23.3 Å². The summed E-state index contributed by atoms with van der Waals surface area (Å²) in [5, 5.41) is 11.0. The Morgan fingerprint density at radius 3 is 2.63 bits per heavy atom. The average Bonchev–Trinajstić information content (AvgIpc) is 2.96. The van der Waals surface area contributed by atoms with E-state index < -0.39 is 17.0 Å². The Balaban J connectivity index is 1.79. The molecule has 7 nitrogen and oxygen atoms in total. The number of hydrogen-bond donors (Lipinski definition) is 0. The topological polar surface area (TPSA) is 89.8 Å². The quantitative estimate of drug-likeness (QED) is 0.468. The number of amides is 1. The van der Waals surface area contributed by atoms with Gasteiger partial charge in [0, 0.05) is 23.4 Å². The highest BCUT2D eigenvalue weighted by Gasteiger charge is 2.34. The highest BCUT2D eigenvalue weighted by molar-refractivity contribution is 6.01. The first-order valence-corrected chi connectivity index (χ1v) is 8.67. The Morgan fingerprint density at radius 1 is 1.22 bits per heavy atom. The summed E-state index contributed by atoms with van der Waals surface area (Å²) in [5.74, 6) is -1.07. The number of para-hydroxylation sites is 1. The van der Waals surface area contributed by atoms with Gasteiger partial charge in [-0.15, -0.1) is 0 Å². The van der Waals surface area contributed by atoms with Crippen LogP contribution in [-0.2, 0) is 16.0 Å². The second kappa shape index (κ2) is 7.19. The van der Waals surface area contributed by atoms with E-state index in [0.29, 0.717) is 0 Å². The smallest absolute Gasteiger partial charge is 0.339 e. The van der Waals surface area contributed by atoms with Gasteiger partial charge in [-0.3, -0.25) is 14.9 Å². The summed E-state index contributed by atoms with van der Waals surface area (Å²) in [4.78, 5) is 37.5. The standard InChI is InChI=1S/C20H20N2O5/c1-12-11-15-7-4-5-9-18(15)21(12)19(23)14(3)27-20(24)16-8-6-10-17(13(16)2)22(25)26/h4-10,12,14H,11H2,1-3H3/t12-,14-/m1/s1. The number of esters is 1. The fraction of sp³-hybridized carbons (Fsp3) is 0.300. The molecule has 2 aromatic carbocycles. The first-order chi connectivity index (χ1) is 12.8. The second-order valence-corrected chi connectivity index (χ2v) is 6.64. The van der Waals surface area contributed by atoms with E-state index in [9.17, 15) is 19.7 Å². The molecule has 0 spiro atoms. The minimum Gasteiger partial charge on any atom is -0.449 e. The van der Waals surface area contributed by atoms with Gasteiger partial charge in [-0.2, -0.15) is 0 Å². The van der Waals surface area contributed by atoms with Crippen molar-refractivity contribution in [1.29, 1.82) is 0 Å². The minimum absolute atomic E-state index is 0.0319. The van der Waals surface area contributed by atoms with Crippen molar-refractivity contribution in [3.63, 3.8) is 0 Å². The maximum absolute atomic E-state index is 12.9. The number of carbonyl (C=O) groups is 2. The first kappa shape index (κ1) is 18.6. The molecule has 1 heterocycles. The lowest BCUT2D eigenvalue weighted by atomic mass is 10.1. The summed E-state index contributed by atoms with van der Waals surface area (Å²) >= 11 is 0. The molecule has 0 saturated carbocycles.